The molecule has 80 valence electrons. The Bertz CT molecular complexity index is 338. The van der Waals surface area contributed by atoms with Crippen molar-refractivity contribution in [3.8, 4) is 0 Å². The molecule has 1 unspecified atom stereocenters. The van der Waals surface area contributed by atoms with Gasteiger partial charge in [0, 0.05) is 0 Å². The van der Waals surface area contributed by atoms with Crippen LogP contribution in [0.4, 0.5) is 0 Å². The average Bonchev–Trinajstić information content (AvgIpc) is 2.32. The number of rotatable bonds is 4. The molecule has 0 radical (unpaired) electrons. The third kappa shape index (κ3) is 2.99. The van der Waals surface area contributed by atoms with Gasteiger partial charge >= 0.3 is 5.69 Å². The van der Waals surface area contributed by atoms with Gasteiger partial charge in [-0.25, -0.2) is 9.89 Å². The minimum absolute atomic E-state index is 0.278. The molecule has 0 aliphatic heterocycles. The molecule has 0 spiro atoms. The van der Waals surface area contributed by atoms with E-state index in [2.05, 4.69) is 10.2 Å². The Morgan fingerprint density at radius 1 is 1.71 bits per heavy atom. The number of hydrogen-bond acceptors (Lipinski definition) is 3. The number of H-pyrrole nitrogens is 1. The number of aromatic nitrogens is 3. The Kier molecular flexibility index (Phi) is 3.10. The molecule has 0 saturated heterocycles. The first-order chi connectivity index (χ1) is 6.41. The zero-order chi connectivity index (χ0) is 10.8. The molecule has 1 aromatic heterocycles. The molecule has 5 nitrogen and oxygen atoms in total. The Morgan fingerprint density at radius 2 is 2.36 bits per heavy atom. The largest absolute Gasteiger partial charge is 0.388 e. The molecule has 5 heteroatoms. The van der Waals surface area contributed by atoms with E-state index in [0.717, 1.165) is 0 Å². The van der Waals surface area contributed by atoms with Crippen LogP contribution in [0.25, 0.3) is 0 Å². The van der Waals surface area contributed by atoms with E-state index in [1.165, 1.54) is 10.9 Å². The molecular formula is C9H17N3O2. The fourth-order valence-corrected chi connectivity index (χ4v) is 1.69. The highest BCUT2D eigenvalue weighted by Gasteiger charge is 2.23. The van der Waals surface area contributed by atoms with Gasteiger partial charge < -0.3 is 5.11 Å². The third-order valence-electron chi connectivity index (χ3n) is 1.98. The van der Waals surface area contributed by atoms with E-state index in [9.17, 15) is 9.90 Å². The molecule has 1 atom stereocenters. The second-order valence-corrected chi connectivity index (χ2v) is 4.38. The van der Waals surface area contributed by atoms with E-state index in [4.69, 9.17) is 0 Å². The number of nitrogens with zero attached hydrogens (tertiary/aromatic N) is 2. The molecular weight excluding hydrogens is 182 g/mol. The van der Waals surface area contributed by atoms with Crippen LogP contribution in [0, 0.1) is 5.92 Å². The van der Waals surface area contributed by atoms with Gasteiger partial charge in [-0.3, -0.25) is 4.57 Å². The summed E-state index contributed by atoms with van der Waals surface area (Å²) in [5.74, 6) is 0.396. The summed E-state index contributed by atoms with van der Waals surface area (Å²) in [6, 6.07) is 0. The lowest BCUT2D eigenvalue weighted by Crippen LogP contribution is -2.35. The lowest BCUT2D eigenvalue weighted by atomic mass is 9.94. The number of aromatic amines is 1. The number of aliphatic hydroxyl groups is 1. The molecule has 0 fully saturated rings. The average molecular weight is 199 g/mol. The summed E-state index contributed by atoms with van der Waals surface area (Å²) in [6.45, 7) is 6.08. The van der Waals surface area contributed by atoms with Crippen LogP contribution < -0.4 is 5.69 Å². The summed E-state index contributed by atoms with van der Waals surface area (Å²) >= 11 is 0. The summed E-state index contributed by atoms with van der Waals surface area (Å²) in [6.07, 6.45) is 2.06. The van der Waals surface area contributed by atoms with Crippen LogP contribution in [-0.2, 0) is 6.54 Å². The van der Waals surface area contributed by atoms with Crippen molar-refractivity contribution in [1.29, 1.82) is 0 Å². The predicted molar refractivity (Wildman–Crippen MR) is 52.9 cm³/mol. The van der Waals surface area contributed by atoms with Crippen molar-refractivity contribution in [3.05, 3.63) is 16.8 Å². The summed E-state index contributed by atoms with van der Waals surface area (Å²) in [5.41, 5.74) is -1.14. The third-order valence-corrected chi connectivity index (χ3v) is 1.98. The van der Waals surface area contributed by atoms with Gasteiger partial charge in [0.25, 0.3) is 0 Å². The summed E-state index contributed by atoms with van der Waals surface area (Å²) < 4.78 is 1.38. The van der Waals surface area contributed by atoms with Crippen LogP contribution in [0.1, 0.15) is 27.2 Å². The van der Waals surface area contributed by atoms with Gasteiger partial charge in [0.15, 0.2) is 0 Å². The monoisotopic (exact) mass is 199 g/mol. The molecule has 0 saturated carbocycles. The normalized spacial score (nSPS) is 15.8. The van der Waals surface area contributed by atoms with Crippen LogP contribution >= 0.6 is 0 Å². The maximum atomic E-state index is 11.1. The standard InChI is InChI=1S/C9H17N3O2/c1-7(2)4-9(3,14)5-12-6-10-11-8(12)13/h6-7,14H,4-5H2,1-3H3,(H,11,13). The first kappa shape index (κ1) is 11.0. The van der Waals surface area contributed by atoms with Gasteiger partial charge in [0.2, 0.25) is 0 Å². The van der Waals surface area contributed by atoms with Gasteiger partial charge in [0.05, 0.1) is 12.1 Å². The predicted octanol–water partition coefficient (Wildman–Crippen LogP) is 0.368. The Labute approximate surface area is 82.8 Å². The number of hydrogen-bond donors (Lipinski definition) is 2. The van der Waals surface area contributed by atoms with E-state index < -0.39 is 5.60 Å². The van der Waals surface area contributed by atoms with E-state index >= 15 is 0 Å². The maximum Gasteiger partial charge on any atom is 0.343 e. The second kappa shape index (κ2) is 3.96. The van der Waals surface area contributed by atoms with Gasteiger partial charge in [0.1, 0.15) is 6.33 Å². The smallest absolute Gasteiger partial charge is 0.343 e. The zero-order valence-electron chi connectivity index (χ0n) is 8.82. The van der Waals surface area contributed by atoms with E-state index in [-0.39, 0.29) is 12.2 Å². The highest BCUT2D eigenvalue weighted by Crippen LogP contribution is 2.17. The van der Waals surface area contributed by atoms with E-state index in [1.54, 1.807) is 6.92 Å². The molecule has 0 aromatic carbocycles. The topological polar surface area (TPSA) is 70.9 Å². The second-order valence-electron chi connectivity index (χ2n) is 4.38. The van der Waals surface area contributed by atoms with Crippen LogP contribution in [0.3, 0.4) is 0 Å². The van der Waals surface area contributed by atoms with Crippen LogP contribution in [0.5, 0.6) is 0 Å². The highest BCUT2D eigenvalue weighted by molar-refractivity contribution is 4.77. The molecule has 1 rings (SSSR count). The van der Waals surface area contributed by atoms with Gasteiger partial charge in [-0.15, -0.1) is 0 Å². The summed E-state index contributed by atoms with van der Waals surface area (Å²) in [4.78, 5) is 11.1. The molecule has 14 heavy (non-hydrogen) atoms. The summed E-state index contributed by atoms with van der Waals surface area (Å²) in [7, 11) is 0. The molecule has 1 aromatic rings. The first-order valence-electron chi connectivity index (χ1n) is 4.73. The van der Waals surface area contributed by atoms with E-state index in [1.807, 2.05) is 13.8 Å². The SMILES string of the molecule is CC(C)CC(C)(O)Cn1cn[nH]c1=O. The molecule has 0 aliphatic rings. The van der Waals surface area contributed by atoms with Crippen LogP contribution in [-0.4, -0.2) is 25.5 Å². The van der Waals surface area contributed by atoms with Crippen LogP contribution in [0.15, 0.2) is 11.1 Å². The van der Waals surface area contributed by atoms with Crippen LogP contribution in [0.2, 0.25) is 0 Å². The first-order valence-corrected chi connectivity index (χ1v) is 4.73. The lowest BCUT2D eigenvalue weighted by molar-refractivity contribution is 0.0206. The van der Waals surface area contributed by atoms with Crippen molar-refractivity contribution in [2.45, 2.75) is 39.3 Å². The van der Waals surface area contributed by atoms with Gasteiger partial charge in [-0.2, -0.15) is 5.10 Å². The Morgan fingerprint density at radius 3 is 2.79 bits per heavy atom. The minimum Gasteiger partial charge on any atom is -0.388 e. The Hall–Kier alpha value is -1.10. The Balaban J connectivity index is 2.68. The molecule has 1 heterocycles. The van der Waals surface area contributed by atoms with Crippen molar-refractivity contribution in [2.24, 2.45) is 5.92 Å². The van der Waals surface area contributed by atoms with E-state index in [0.29, 0.717) is 12.3 Å². The number of nitrogens with one attached hydrogen (secondary N) is 1. The fraction of sp³-hybridized carbons (Fsp3) is 0.778. The summed E-state index contributed by atoms with van der Waals surface area (Å²) in [5, 5.41) is 15.9. The highest BCUT2D eigenvalue weighted by atomic mass is 16.3. The quantitative estimate of drug-likeness (QED) is 0.736. The van der Waals surface area contributed by atoms with Crippen molar-refractivity contribution < 1.29 is 5.11 Å². The van der Waals surface area contributed by atoms with Crippen molar-refractivity contribution in [1.82, 2.24) is 14.8 Å². The van der Waals surface area contributed by atoms with Crippen molar-refractivity contribution in [3.63, 3.8) is 0 Å². The maximum absolute atomic E-state index is 11.1. The zero-order valence-corrected chi connectivity index (χ0v) is 8.82. The van der Waals surface area contributed by atoms with Crippen molar-refractivity contribution in [2.75, 3.05) is 0 Å². The van der Waals surface area contributed by atoms with Gasteiger partial charge in [-0.05, 0) is 19.3 Å². The van der Waals surface area contributed by atoms with Crippen molar-refractivity contribution >= 4 is 0 Å². The molecule has 0 aliphatic carbocycles. The lowest BCUT2D eigenvalue weighted by Gasteiger charge is -2.24. The minimum atomic E-state index is -0.859. The molecule has 0 amide bonds. The van der Waals surface area contributed by atoms with Gasteiger partial charge in [-0.1, -0.05) is 13.8 Å². The fourth-order valence-electron chi connectivity index (χ4n) is 1.69. The molecule has 2 N–H and O–H groups in total. The molecule has 0 bridgehead atoms.